The van der Waals surface area contributed by atoms with Crippen LogP contribution in [0.4, 0.5) is 10.6 Å². The SMILES string of the molecule is Cc1cc(CC2CCNC2)nc(N(Cc2ccccc2)C(=O)OC(C)(C)C)c1. The van der Waals surface area contributed by atoms with Crippen molar-refractivity contribution < 1.29 is 9.53 Å². The van der Waals surface area contributed by atoms with Crippen LogP contribution in [-0.4, -0.2) is 29.8 Å². The zero-order chi connectivity index (χ0) is 20.1. The molecular weight excluding hydrogens is 350 g/mol. The Morgan fingerprint density at radius 1 is 1.25 bits per heavy atom. The Balaban J connectivity index is 1.89. The third kappa shape index (κ3) is 5.80. The number of carbonyl (C=O) groups is 1. The molecule has 150 valence electrons. The summed E-state index contributed by atoms with van der Waals surface area (Å²) in [5.74, 6) is 1.25. The first-order valence-electron chi connectivity index (χ1n) is 10.0. The molecule has 2 aromatic rings. The Labute approximate surface area is 168 Å². The molecule has 1 aliphatic rings. The highest BCUT2D eigenvalue weighted by Crippen LogP contribution is 2.23. The minimum atomic E-state index is -0.561. The lowest BCUT2D eigenvalue weighted by atomic mass is 10.0. The summed E-state index contributed by atoms with van der Waals surface area (Å²) in [6, 6.07) is 14.0. The molecule has 1 aliphatic heterocycles. The highest BCUT2D eigenvalue weighted by molar-refractivity contribution is 5.86. The number of anilines is 1. The van der Waals surface area contributed by atoms with Gasteiger partial charge in [0.05, 0.1) is 6.54 Å². The molecule has 0 radical (unpaired) electrons. The fourth-order valence-electron chi connectivity index (χ4n) is 3.47. The number of aryl methyl sites for hydroxylation is 1. The molecule has 1 amide bonds. The van der Waals surface area contributed by atoms with E-state index in [1.807, 2.05) is 57.2 Å². The third-order valence-electron chi connectivity index (χ3n) is 4.74. The van der Waals surface area contributed by atoms with Gasteiger partial charge in [0.2, 0.25) is 0 Å². The fraction of sp³-hybridized carbons (Fsp3) is 0.478. The molecular formula is C23H31N3O2. The monoisotopic (exact) mass is 381 g/mol. The van der Waals surface area contributed by atoms with E-state index in [0.717, 1.165) is 36.3 Å². The second-order valence-corrected chi connectivity index (χ2v) is 8.61. The maximum absolute atomic E-state index is 13.0. The van der Waals surface area contributed by atoms with Crippen molar-refractivity contribution in [3.05, 3.63) is 59.3 Å². The Morgan fingerprint density at radius 2 is 2.00 bits per heavy atom. The maximum Gasteiger partial charge on any atom is 0.416 e. The van der Waals surface area contributed by atoms with E-state index in [1.165, 1.54) is 6.42 Å². The highest BCUT2D eigenvalue weighted by atomic mass is 16.6. The van der Waals surface area contributed by atoms with Gasteiger partial charge in [-0.3, -0.25) is 4.90 Å². The van der Waals surface area contributed by atoms with Gasteiger partial charge in [-0.15, -0.1) is 0 Å². The molecule has 0 saturated carbocycles. The fourth-order valence-corrected chi connectivity index (χ4v) is 3.47. The molecule has 3 rings (SSSR count). The van der Waals surface area contributed by atoms with Crippen LogP contribution in [0.5, 0.6) is 0 Å². The lowest BCUT2D eigenvalue weighted by Crippen LogP contribution is -2.37. The number of aromatic nitrogens is 1. The van der Waals surface area contributed by atoms with E-state index in [2.05, 4.69) is 18.3 Å². The molecule has 1 fully saturated rings. The third-order valence-corrected chi connectivity index (χ3v) is 4.74. The molecule has 5 nitrogen and oxygen atoms in total. The number of benzene rings is 1. The molecule has 0 aliphatic carbocycles. The molecule has 1 saturated heterocycles. The number of pyridine rings is 1. The summed E-state index contributed by atoms with van der Waals surface area (Å²) in [6.45, 7) is 10.2. The van der Waals surface area contributed by atoms with E-state index in [-0.39, 0.29) is 6.09 Å². The lowest BCUT2D eigenvalue weighted by Gasteiger charge is -2.27. The molecule has 28 heavy (non-hydrogen) atoms. The topological polar surface area (TPSA) is 54.5 Å². The van der Waals surface area contributed by atoms with Crippen LogP contribution in [0.15, 0.2) is 42.5 Å². The Hall–Kier alpha value is -2.40. The van der Waals surface area contributed by atoms with Crippen LogP contribution < -0.4 is 10.2 Å². The van der Waals surface area contributed by atoms with Gasteiger partial charge in [0.15, 0.2) is 0 Å². The minimum absolute atomic E-state index is 0.372. The summed E-state index contributed by atoms with van der Waals surface area (Å²) in [5, 5.41) is 3.41. The number of carbonyl (C=O) groups excluding carboxylic acids is 1. The number of hydrogen-bond acceptors (Lipinski definition) is 4. The molecule has 1 aromatic heterocycles. The van der Waals surface area contributed by atoms with E-state index in [4.69, 9.17) is 9.72 Å². The molecule has 2 heterocycles. The van der Waals surface area contributed by atoms with Gasteiger partial charge < -0.3 is 10.1 Å². The van der Waals surface area contributed by atoms with Gasteiger partial charge >= 0.3 is 6.09 Å². The lowest BCUT2D eigenvalue weighted by molar-refractivity contribution is 0.0576. The summed E-state index contributed by atoms with van der Waals surface area (Å²) in [6.07, 6.45) is 1.72. The van der Waals surface area contributed by atoms with E-state index in [9.17, 15) is 4.79 Å². The van der Waals surface area contributed by atoms with E-state index in [1.54, 1.807) is 4.90 Å². The average Bonchev–Trinajstić information content (AvgIpc) is 3.11. The largest absolute Gasteiger partial charge is 0.443 e. The summed E-state index contributed by atoms with van der Waals surface area (Å²) < 4.78 is 5.68. The van der Waals surface area contributed by atoms with Gasteiger partial charge in [0, 0.05) is 5.69 Å². The molecule has 0 bridgehead atoms. The van der Waals surface area contributed by atoms with Crippen molar-refractivity contribution in [1.29, 1.82) is 0 Å². The van der Waals surface area contributed by atoms with Crippen LogP contribution in [-0.2, 0) is 17.7 Å². The summed E-state index contributed by atoms with van der Waals surface area (Å²) >= 11 is 0. The molecule has 1 aromatic carbocycles. The summed E-state index contributed by atoms with van der Waals surface area (Å²) in [5.41, 5.74) is 2.62. The second-order valence-electron chi connectivity index (χ2n) is 8.61. The first-order chi connectivity index (χ1) is 13.3. The average molecular weight is 382 g/mol. The smallest absolute Gasteiger partial charge is 0.416 e. The Kier molecular flexibility index (Phi) is 6.35. The molecule has 0 spiro atoms. The number of hydrogen-bond donors (Lipinski definition) is 1. The van der Waals surface area contributed by atoms with Gasteiger partial charge in [0.1, 0.15) is 11.4 Å². The first-order valence-corrected chi connectivity index (χ1v) is 10.0. The normalized spacial score (nSPS) is 16.8. The van der Waals surface area contributed by atoms with Crippen molar-refractivity contribution in [2.45, 2.75) is 52.7 Å². The van der Waals surface area contributed by atoms with E-state index < -0.39 is 5.60 Å². The molecule has 5 heteroatoms. The molecule has 1 N–H and O–H groups in total. The summed E-state index contributed by atoms with van der Waals surface area (Å²) in [4.78, 5) is 19.5. The van der Waals surface area contributed by atoms with Crippen molar-refractivity contribution in [1.82, 2.24) is 10.3 Å². The predicted molar refractivity (Wildman–Crippen MR) is 113 cm³/mol. The van der Waals surface area contributed by atoms with Crippen LogP contribution in [0, 0.1) is 12.8 Å². The van der Waals surface area contributed by atoms with Crippen LogP contribution in [0.2, 0.25) is 0 Å². The van der Waals surface area contributed by atoms with Gasteiger partial charge in [-0.05, 0) is 82.8 Å². The van der Waals surface area contributed by atoms with Crippen molar-refractivity contribution in [2.75, 3.05) is 18.0 Å². The Bertz CT molecular complexity index is 793. The first kappa shape index (κ1) is 20.3. The van der Waals surface area contributed by atoms with Crippen LogP contribution >= 0.6 is 0 Å². The quantitative estimate of drug-likeness (QED) is 0.829. The minimum Gasteiger partial charge on any atom is -0.443 e. The zero-order valence-corrected chi connectivity index (χ0v) is 17.4. The zero-order valence-electron chi connectivity index (χ0n) is 17.4. The van der Waals surface area contributed by atoms with Crippen LogP contribution in [0.3, 0.4) is 0 Å². The molecule has 1 atom stereocenters. The van der Waals surface area contributed by atoms with Gasteiger partial charge in [-0.25, -0.2) is 9.78 Å². The summed E-state index contributed by atoms with van der Waals surface area (Å²) in [7, 11) is 0. The Morgan fingerprint density at radius 3 is 2.64 bits per heavy atom. The molecule has 1 unspecified atom stereocenters. The van der Waals surface area contributed by atoms with Crippen molar-refractivity contribution in [2.24, 2.45) is 5.92 Å². The van der Waals surface area contributed by atoms with Crippen molar-refractivity contribution in [3.63, 3.8) is 0 Å². The van der Waals surface area contributed by atoms with Gasteiger partial charge in [-0.2, -0.15) is 0 Å². The van der Waals surface area contributed by atoms with E-state index in [0.29, 0.717) is 18.3 Å². The number of nitrogens with one attached hydrogen (secondary N) is 1. The number of ether oxygens (including phenoxy) is 1. The van der Waals surface area contributed by atoms with Crippen LogP contribution in [0.1, 0.15) is 44.0 Å². The van der Waals surface area contributed by atoms with Gasteiger partial charge in [-0.1, -0.05) is 30.3 Å². The van der Waals surface area contributed by atoms with Gasteiger partial charge in [0.25, 0.3) is 0 Å². The van der Waals surface area contributed by atoms with E-state index >= 15 is 0 Å². The van der Waals surface area contributed by atoms with Crippen molar-refractivity contribution >= 4 is 11.9 Å². The van der Waals surface area contributed by atoms with Crippen molar-refractivity contribution in [3.8, 4) is 0 Å². The number of amides is 1. The number of rotatable bonds is 5. The maximum atomic E-state index is 13.0. The predicted octanol–water partition coefficient (Wildman–Crippen LogP) is 4.48. The van der Waals surface area contributed by atoms with Crippen LogP contribution in [0.25, 0.3) is 0 Å². The second kappa shape index (κ2) is 8.74. The number of nitrogens with zero attached hydrogens (tertiary/aromatic N) is 2. The standard InChI is InChI=1S/C23H31N3O2/c1-17-12-20(14-19-10-11-24-15-19)25-21(13-17)26(22(27)28-23(2,3)4)16-18-8-6-5-7-9-18/h5-9,12-13,19,24H,10-11,14-16H2,1-4H3. The highest BCUT2D eigenvalue weighted by Gasteiger charge is 2.25.